The summed E-state index contributed by atoms with van der Waals surface area (Å²) in [6.07, 6.45) is 7.92. The van der Waals surface area contributed by atoms with E-state index in [1.165, 1.54) is 31.2 Å². The summed E-state index contributed by atoms with van der Waals surface area (Å²) in [7, 11) is 0. The number of rotatable bonds is 6. The van der Waals surface area contributed by atoms with Gasteiger partial charge in [0, 0.05) is 5.41 Å². The molecule has 2 rings (SSSR count). The maximum Gasteiger partial charge on any atom is 0.122 e. The molecular weight excluding hydrogens is 240 g/mol. The molecule has 2 heteroatoms. The number of hydrogen-bond donors (Lipinski definition) is 1. The topological polar surface area (TPSA) is 9.23 Å². The second-order valence-electron chi connectivity index (χ2n) is 5.25. The molecule has 1 aliphatic rings. The number of ether oxygens (including phenoxy) is 1. The first-order valence-electron chi connectivity index (χ1n) is 6.72. The second-order valence-corrected chi connectivity index (χ2v) is 5.57. The first-order chi connectivity index (χ1) is 8.79. The smallest absolute Gasteiger partial charge is 0.122 e. The van der Waals surface area contributed by atoms with Crippen molar-refractivity contribution in [3.8, 4) is 5.75 Å². The molecule has 1 fully saturated rings. The highest BCUT2D eigenvalue weighted by atomic mass is 32.1. The van der Waals surface area contributed by atoms with Gasteiger partial charge in [-0.25, -0.2) is 0 Å². The molecule has 0 radical (unpaired) electrons. The van der Waals surface area contributed by atoms with E-state index in [-0.39, 0.29) is 0 Å². The van der Waals surface area contributed by atoms with Crippen LogP contribution in [-0.4, -0.2) is 12.4 Å². The highest BCUT2D eigenvalue weighted by molar-refractivity contribution is 7.80. The number of allylic oxidation sites excluding steroid dienone is 1. The van der Waals surface area contributed by atoms with Gasteiger partial charge in [-0.15, -0.1) is 6.58 Å². The molecule has 1 aliphatic carbocycles. The minimum absolute atomic E-state index is 0.296. The van der Waals surface area contributed by atoms with E-state index >= 15 is 0 Å². The van der Waals surface area contributed by atoms with Gasteiger partial charge < -0.3 is 4.74 Å². The van der Waals surface area contributed by atoms with Crippen molar-refractivity contribution in [2.75, 3.05) is 12.4 Å². The molecule has 0 saturated heterocycles. The second kappa shape index (κ2) is 6.33. The van der Waals surface area contributed by atoms with Crippen LogP contribution in [0.3, 0.4) is 0 Å². The van der Waals surface area contributed by atoms with Crippen molar-refractivity contribution < 1.29 is 4.74 Å². The molecule has 18 heavy (non-hydrogen) atoms. The van der Waals surface area contributed by atoms with E-state index in [0.717, 1.165) is 24.5 Å². The van der Waals surface area contributed by atoms with E-state index in [2.05, 4.69) is 37.4 Å². The van der Waals surface area contributed by atoms with Crippen molar-refractivity contribution in [2.24, 2.45) is 5.41 Å². The van der Waals surface area contributed by atoms with Crippen LogP contribution in [0.15, 0.2) is 36.9 Å². The van der Waals surface area contributed by atoms with Crippen LogP contribution in [0.25, 0.3) is 0 Å². The lowest BCUT2D eigenvalue weighted by molar-refractivity contribution is 0.172. The van der Waals surface area contributed by atoms with E-state index < -0.39 is 0 Å². The molecule has 0 heterocycles. The third kappa shape index (κ3) is 3.11. The lowest BCUT2D eigenvalue weighted by Gasteiger charge is -2.27. The number of thiol groups is 1. The van der Waals surface area contributed by atoms with E-state index in [1.54, 1.807) is 0 Å². The fraction of sp³-hybridized carbons (Fsp3) is 0.500. The van der Waals surface area contributed by atoms with Crippen molar-refractivity contribution >= 4 is 12.6 Å². The van der Waals surface area contributed by atoms with Crippen molar-refractivity contribution in [1.29, 1.82) is 0 Å². The molecule has 0 bridgehead atoms. The number of benzene rings is 1. The van der Waals surface area contributed by atoms with Crippen LogP contribution in [0, 0.1) is 5.41 Å². The monoisotopic (exact) mass is 262 g/mol. The Hall–Kier alpha value is -0.890. The summed E-state index contributed by atoms with van der Waals surface area (Å²) in [5, 5.41) is 0. The summed E-state index contributed by atoms with van der Waals surface area (Å²) in [6.45, 7) is 4.59. The quantitative estimate of drug-likeness (QED) is 0.594. The standard InChI is InChI=1S/C16H22OS/c1-2-7-14-8-3-4-9-15(14)17-12-16(13-18)10-5-6-11-16/h2-4,8-9,18H,1,5-7,10-13H2. The molecule has 0 spiro atoms. The Morgan fingerprint density at radius 2 is 2.00 bits per heavy atom. The SMILES string of the molecule is C=CCc1ccccc1OCC1(CS)CCCC1. The average Bonchev–Trinajstić information content (AvgIpc) is 2.88. The zero-order chi connectivity index (χ0) is 12.8. The van der Waals surface area contributed by atoms with E-state index in [9.17, 15) is 0 Å². The molecule has 0 aliphatic heterocycles. The Balaban J connectivity index is 2.03. The van der Waals surface area contributed by atoms with Crippen LogP contribution in [0.2, 0.25) is 0 Å². The molecule has 0 aromatic heterocycles. The molecule has 1 saturated carbocycles. The first kappa shape index (κ1) is 13.5. The van der Waals surface area contributed by atoms with Crippen LogP contribution in [0.5, 0.6) is 5.75 Å². The predicted molar refractivity (Wildman–Crippen MR) is 80.6 cm³/mol. The lowest BCUT2D eigenvalue weighted by atomic mass is 9.90. The van der Waals surface area contributed by atoms with Gasteiger partial charge in [0.1, 0.15) is 5.75 Å². The van der Waals surface area contributed by atoms with Gasteiger partial charge in [-0.1, -0.05) is 37.1 Å². The minimum atomic E-state index is 0.296. The van der Waals surface area contributed by atoms with E-state index in [0.29, 0.717) is 5.41 Å². The zero-order valence-electron chi connectivity index (χ0n) is 10.9. The molecule has 0 N–H and O–H groups in total. The molecule has 0 amide bonds. The molecule has 1 aromatic carbocycles. The van der Waals surface area contributed by atoms with Gasteiger partial charge in [0.15, 0.2) is 0 Å². The first-order valence-corrected chi connectivity index (χ1v) is 7.35. The normalized spacial score (nSPS) is 17.6. The molecule has 98 valence electrons. The Morgan fingerprint density at radius 1 is 1.28 bits per heavy atom. The fourth-order valence-electron chi connectivity index (χ4n) is 2.67. The van der Waals surface area contributed by atoms with Gasteiger partial charge in [-0.05, 0) is 36.6 Å². The predicted octanol–water partition coefficient (Wildman–Crippen LogP) is 4.28. The largest absolute Gasteiger partial charge is 0.493 e. The maximum absolute atomic E-state index is 6.07. The van der Waals surface area contributed by atoms with Gasteiger partial charge in [0.25, 0.3) is 0 Å². The Kier molecular flexibility index (Phi) is 4.76. The minimum Gasteiger partial charge on any atom is -0.493 e. The van der Waals surface area contributed by atoms with Gasteiger partial charge in [0.05, 0.1) is 6.61 Å². The Bertz CT molecular complexity index is 394. The Morgan fingerprint density at radius 3 is 2.67 bits per heavy atom. The van der Waals surface area contributed by atoms with Crippen LogP contribution < -0.4 is 4.74 Å². The Labute approximate surface area is 116 Å². The van der Waals surface area contributed by atoms with Gasteiger partial charge in [0.2, 0.25) is 0 Å². The highest BCUT2D eigenvalue weighted by Crippen LogP contribution is 2.39. The van der Waals surface area contributed by atoms with Crippen molar-refractivity contribution in [1.82, 2.24) is 0 Å². The third-order valence-corrected chi connectivity index (χ3v) is 4.54. The average molecular weight is 262 g/mol. The summed E-state index contributed by atoms with van der Waals surface area (Å²) in [5.41, 5.74) is 1.52. The van der Waals surface area contributed by atoms with Crippen molar-refractivity contribution in [2.45, 2.75) is 32.1 Å². The summed E-state index contributed by atoms with van der Waals surface area (Å²) < 4.78 is 6.07. The molecule has 0 unspecified atom stereocenters. The summed E-state index contributed by atoms with van der Waals surface area (Å²) in [5.74, 6) is 1.93. The van der Waals surface area contributed by atoms with Crippen molar-refractivity contribution in [3.63, 3.8) is 0 Å². The van der Waals surface area contributed by atoms with Crippen LogP contribution >= 0.6 is 12.6 Å². The maximum atomic E-state index is 6.07. The van der Waals surface area contributed by atoms with Crippen LogP contribution in [0.1, 0.15) is 31.2 Å². The van der Waals surface area contributed by atoms with Gasteiger partial charge in [-0.3, -0.25) is 0 Å². The van der Waals surface area contributed by atoms with E-state index in [1.807, 2.05) is 12.1 Å². The molecular formula is C16H22OS. The van der Waals surface area contributed by atoms with Gasteiger partial charge >= 0.3 is 0 Å². The summed E-state index contributed by atoms with van der Waals surface area (Å²) >= 11 is 4.52. The lowest BCUT2D eigenvalue weighted by Crippen LogP contribution is -2.27. The summed E-state index contributed by atoms with van der Waals surface area (Å²) in [6, 6.07) is 8.25. The molecule has 1 aromatic rings. The van der Waals surface area contributed by atoms with Crippen molar-refractivity contribution in [3.05, 3.63) is 42.5 Å². The van der Waals surface area contributed by atoms with Gasteiger partial charge in [-0.2, -0.15) is 12.6 Å². The van der Waals surface area contributed by atoms with Crippen LogP contribution in [0.4, 0.5) is 0 Å². The molecule has 1 nitrogen and oxygen atoms in total. The zero-order valence-corrected chi connectivity index (χ0v) is 11.8. The third-order valence-electron chi connectivity index (χ3n) is 3.87. The molecule has 0 atom stereocenters. The number of para-hydroxylation sites is 1. The highest BCUT2D eigenvalue weighted by Gasteiger charge is 2.33. The number of hydrogen-bond acceptors (Lipinski definition) is 2. The van der Waals surface area contributed by atoms with E-state index in [4.69, 9.17) is 4.74 Å². The summed E-state index contributed by atoms with van der Waals surface area (Å²) in [4.78, 5) is 0. The van der Waals surface area contributed by atoms with Crippen LogP contribution in [-0.2, 0) is 6.42 Å². The fourth-order valence-corrected chi connectivity index (χ4v) is 3.08.